The highest BCUT2D eigenvalue weighted by atomic mass is 127. The van der Waals surface area contributed by atoms with Gasteiger partial charge in [-0.25, -0.2) is 0 Å². The standard InChI is InChI=1S/C25H32BIN2O2/c1-15(2)30-26(31-16(3)4)28-19(7)13-17(5)24(28)23(21-9-11-22(27)12-10-21)25-18(6)14-20(8)29(25)26/h9-16H,1-8H3. The molecule has 0 atom stereocenters. The van der Waals surface area contributed by atoms with Crippen molar-refractivity contribution in [3.8, 4) is 0 Å². The van der Waals surface area contributed by atoms with Gasteiger partial charge in [0.1, 0.15) is 5.71 Å². The summed E-state index contributed by atoms with van der Waals surface area (Å²) < 4.78 is 19.4. The summed E-state index contributed by atoms with van der Waals surface area (Å²) in [4.78, 5) is 0. The first-order valence-electron chi connectivity index (χ1n) is 11.1. The molecule has 0 saturated heterocycles. The molecule has 0 amide bonds. The van der Waals surface area contributed by atoms with Crippen molar-refractivity contribution < 1.29 is 13.8 Å². The molecule has 164 valence electrons. The van der Waals surface area contributed by atoms with Crippen molar-refractivity contribution in [2.75, 3.05) is 0 Å². The van der Waals surface area contributed by atoms with Crippen molar-refractivity contribution in [2.45, 2.75) is 67.6 Å². The molecule has 0 spiro atoms. The minimum atomic E-state index is -1.97. The van der Waals surface area contributed by atoms with E-state index in [0.717, 1.165) is 11.4 Å². The molecule has 0 fully saturated rings. The van der Waals surface area contributed by atoms with E-state index >= 15 is 0 Å². The van der Waals surface area contributed by atoms with Crippen molar-refractivity contribution in [1.82, 2.24) is 4.48 Å². The number of aromatic nitrogens is 1. The zero-order valence-electron chi connectivity index (χ0n) is 19.8. The smallest absolute Gasteiger partial charge is 0.481 e. The molecule has 0 radical (unpaired) electrons. The maximum atomic E-state index is 6.79. The first-order chi connectivity index (χ1) is 14.6. The van der Waals surface area contributed by atoms with Crippen LogP contribution in [-0.2, 0) is 9.31 Å². The lowest BCUT2D eigenvalue weighted by Crippen LogP contribution is -2.64. The molecule has 0 N–H and O–H groups in total. The third-order valence-corrected chi connectivity index (χ3v) is 6.72. The van der Waals surface area contributed by atoms with Crippen LogP contribution in [0, 0.1) is 17.4 Å². The third kappa shape index (κ3) is 3.57. The van der Waals surface area contributed by atoms with Gasteiger partial charge in [0.2, 0.25) is 0 Å². The molecule has 2 aliphatic heterocycles. The zero-order chi connectivity index (χ0) is 22.7. The monoisotopic (exact) mass is 530 g/mol. The average molecular weight is 530 g/mol. The number of fused-ring (bicyclic) bond motifs is 2. The number of rotatable bonds is 5. The van der Waals surface area contributed by atoms with Crippen molar-refractivity contribution in [3.63, 3.8) is 0 Å². The highest BCUT2D eigenvalue weighted by Gasteiger charge is 2.57. The van der Waals surface area contributed by atoms with Gasteiger partial charge in [-0.2, -0.15) is 0 Å². The number of hydrogen-bond donors (Lipinski definition) is 0. The van der Waals surface area contributed by atoms with E-state index in [-0.39, 0.29) is 12.2 Å². The summed E-state index contributed by atoms with van der Waals surface area (Å²) in [6, 6.07) is 11.1. The molecule has 4 nitrogen and oxygen atoms in total. The van der Waals surface area contributed by atoms with Gasteiger partial charge in [0, 0.05) is 40.0 Å². The molecule has 1 aromatic carbocycles. The maximum Gasteiger partial charge on any atom is 0.666 e. The van der Waals surface area contributed by atoms with Gasteiger partial charge < -0.3 is 18.3 Å². The molecular weight excluding hydrogens is 498 g/mol. The fourth-order valence-corrected chi connectivity index (χ4v) is 5.57. The van der Waals surface area contributed by atoms with Crippen LogP contribution in [0.4, 0.5) is 0 Å². The SMILES string of the molecule is CC1=CC(C)=[N+]2C1=C(c1ccc(I)cc1)c1c(C)cc(C)n1[B-]2(OC(C)C)OC(C)C. The van der Waals surface area contributed by atoms with Gasteiger partial charge in [0.25, 0.3) is 0 Å². The third-order valence-electron chi connectivity index (χ3n) is 6.00. The summed E-state index contributed by atoms with van der Waals surface area (Å²) >= 11 is 2.36. The Morgan fingerprint density at radius 2 is 1.52 bits per heavy atom. The van der Waals surface area contributed by atoms with Crippen LogP contribution in [0.5, 0.6) is 0 Å². The van der Waals surface area contributed by atoms with Gasteiger partial charge >= 0.3 is 6.82 Å². The largest absolute Gasteiger partial charge is 0.666 e. The van der Waals surface area contributed by atoms with E-state index in [1.807, 2.05) is 0 Å². The lowest BCUT2D eigenvalue weighted by Gasteiger charge is -2.45. The number of nitrogens with zero attached hydrogens (tertiary/aromatic N) is 2. The fourth-order valence-electron chi connectivity index (χ4n) is 5.21. The Kier molecular flexibility index (Phi) is 5.86. The predicted molar refractivity (Wildman–Crippen MR) is 137 cm³/mol. The Hall–Kier alpha value is -1.64. The van der Waals surface area contributed by atoms with Gasteiger partial charge in [-0.05, 0) is 106 Å². The Balaban J connectivity index is 2.16. The second-order valence-corrected chi connectivity index (χ2v) is 10.5. The summed E-state index contributed by atoms with van der Waals surface area (Å²) in [6.45, 7) is 15.1. The zero-order valence-corrected chi connectivity index (χ0v) is 21.9. The molecule has 6 heteroatoms. The summed E-state index contributed by atoms with van der Waals surface area (Å²) in [5, 5.41) is 0. The molecule has 3 heterocycles. The number of allylic oxidation sites excluding steroid dienone is 2. The Labute approximate surface area is 199 Å². The first-order valence-corrected chi connectivity index (χ1v) is 12.2. The van der Waals surface area contributed by atoms with Crippen LogP contribution in [0.1, 0.15) is 64.1 Å². The van der Waals surface area contributed by atoms with Gasteiger partial charge in [-0.15, -0.1) is 0 Å². The van der Waals surface area contributed by atoms with Crippen LogP contribution in [0.3, 0.4) is 0 Å². The first kappa shape index (κ1) is 22.6. The quantitative estimate of drug-likeness (QED) is 0.348. The Morgan fingerprint density at radius 1 is 0.935 bits per heavy atom. The van der Waals surface area contributed by atoms with Crippen molar-refractivity contribution in [2.24, 2.45) is 0 Å². The fraction of sp³-hybridized carbons (Fsp3) is 0.400. The van der Waals surface area contributed by atoms with Gasteiger partial charge in [0.15, 0.2) is 5.70 Å². The summed E-state index contributed by atoms with van der Waals surface area (Å²) in [5.41, 5.74) is 9.60. The number of hydrogen-bond acceptors (Lipinski definition) is 2. The van der Waals surface area contributed by atoms with Gasteiger partial charge in [-0.1, -0.05) is 12.1 Å². The van der Waals surface area contributed by atoms with Crippen molar-refractivity contribution in [1.29, 1.82) is 0 Å². The topological polar surface area (TPSA) is 26.4 Å². The number of benzene rings is 1. The number of aryl methyl sites for hydroxylation is 2. The van der Waals surface area contributed by atoms with Crippen molar-refractivity contribution >= 4 is 40.7 Å². The average Bonchev–Trinajstić information content (AvgIpc) is 3.12. The van der Waals surface area contributed by atoms with Crippen LogP contribution < -0.4 is 0 Å². The molecule has 0 bridgehead atoms. The molecule has 4 rings (SSSR count). The van der Waals surface area contributed by atoms with Crippen LogP contribution in [0.2, 0.25) is 0 Å². The normalized spacial score (nSPS) is 17.6. The van der Waals surface area contributed by atoms with Crippen LogP contribution in [0.15, 0.2) is 47.7 Å². The molecule has 2 aromatic rings. The Bertz CT molecular complexity index is 1130. The molecule has 1 aromatic heterocycles. The van der Waals surface area contributed by atoms with E-state index in [4.69, 9.17) is 9.31 Å². The summed E-state index contributed by atoms with van der Waals surface area (Å²) in [7, 11) is 0. The maximum absolute atomic E-state index is 6.79. The van der Waals surface area contributed by atoms with Crippen molar-refractivity contribution in [3.05, 3.63) is 73.8 Å². The number of halogens is 1. The molecular formula is C25H32BIN2O2. The van der Waals surface area contributed by atoms with E-state index in [2.05, 4.69) is 123 Å². The molecule has 0 saturated carbocycles. The van der Waals surface area contributed by atoms with E-state index in [0.29, 0.717) is 0 Å². The highest BCUT2D eigenvalue weighted by Crippen LogP contribution is 2.44. The molecule has 2 aliphatic rings. The second-order valence-electron chi connectivity index (χ2n) is 9.26. The summed E-state index contributed by atoms with van der Waals surface area (Å²) in [6.07, 6.45) is 2.26. The van der Waals surface area contributed by atoms with Gasteiger partial charge in [0.05, 0.1) is 5.57 Å². The van der Waals surface area contributed by atoms with E-state index in [1.165, 1.54) is 37.2 Å². The van der Waals surface area contributed by atoms with E-state index in [9.17, 15) is 0 Å². The second kappa shape index (κ2) is 8.05. The minimum absolute atomic E-state index is 0.00326. The summed E-state index contributed by atoms with van der Waals surface area (Å²) in [5.74, 6) is 0. The van der Waals surface area contributed by atoms with E-state index in [1.54, 1.807) is 0 Å². The van der Waals surface area contributed by atoms with Crippen LogP contribution in [-0.4, -0.2) is 33.7 Å². The molecule has 31 heavy (non-hydrogen) atoms. The van der Waals surface area contributed by atoms with Crippen LogP contribution >= 0.6 is 22.6 Å². The van der Waals surface area contributed by atoms with Crippen LogP contribution in [0.25, 0.3) is 5.57 Å². The lowest BCUT2D eigenvalue weighted by atomic mass is 9.77. The minimum Gasteiger partial charge on any atom is -0.481 e. The lowest BCUT2D eigenvalue weighted by molar-refractivity contribution is -0.390. The Morgan fingerprint density at radius 3 is 2.06 bits per heavy atom. The molecule has 0 aliphatic carbocycles. The van der Waals surface area contributed by atoms with Gasteiger partial charge in [-0.3, -0.25) is 0 Å². The van der Waals surface area contributed by atoms with E-state index < -0.39 is 6.82 Å². The predicted octanol–water partition coefficient (Wildman–Crippen LogP) is 6.05. The highest BCUT2D eigenvalue weighted by molar-refractivity contribution is 14.1. The molecule has 0 unspecified atom stereocenters.